The average molecular weight is 392 g/mol. The second kappa shape index (κ2) is 5.90. The van der Waals surface area contributed by atoms with Gasteiger partial charge in [0.15, 0.2) is 0 Å². The summed E-state index contributed by atoms with van der Waals surface area (Å²) in [5, 5.41) is 3.67. The van der Waals surface area contributed by atoms with E-state index in [0.29, 0.717) is 6.10 Å². The van der Waals surface area contributed by atoms with Crippen LogP contribution in [-0.2, 0) is 16.8 Å². The fourth-order valence-corrected chi connectivity index (χ4v) is 5.77. The summed E-state index contributed by atoms with van der Waals surface area (Å²) in [6.45, 7) is 2.20. The molecule has 4 nitrogen and oxygen atoms in total. The Morgan fingerprint density at radius 1 is 1.29 bits per heavy atom. The summed E-state index contributed by atoms with van der Waals surface area (Å²) in [7, 11) is 1.83. The van der Waals surface area contributed by atoms with Crippen molar-refractivity contribution < 1.29 is 4.74 Å². The second-order valence-electron chi connectivity index (χ2n) is 7.62. The van der Waals surface area contributed by atoms with Crippen molar-refractivity contribution in [3.05, 3.63) is 33.3 Å². The number of nitrogens with one attached hydrogen (secondary N) is 1. The van der Waals surface area contributed by atoms with Crippen molar-refractivity contribution in [1.82, 2.24) is 5.32 Å². The first-order valence-electron chi connectivity index (χ1n) is 8.91. The Morgan fingerprint density at radius 3 is 2.67 bits per heavy atom. The third-order valence-corrected chi connectivity index (χ3v) is 6.93. The van der Waals surface area contributed by atoms with Gasteiger partial charge in [-0.3, -0.25) is 10.3 Å². The van der Waals surface area contributed by atoms with Crippen molar-refractivity contribution >= 4 is 22.1 Å². The van der Waals surface area contributed by atoms with Gasteiger partial charge in [-0.1, -0.05) is 15.9 Å². The van der Waals surface area contributed by atoms with Crippen LogP contribution in [0, 0.1) is 12.3 Å². The molecule has 2 spiro atoms. The molecule has 130 valence electrons. The van der Waals surface area contributed by atoms with E-state index in [0.717, 1.165) is 43.0 Å². The summed E-state index contributed by atoms with van der Waals surface area (Å²) in [5.74, 6) is 0. The first-order chi connectivity index (χ1) is 11.5. The lowest BCUT2D eigenvalue weighted by Gasteiger charge is -2.54. The lowest BCUT2D eigenvalue weighted by Crippen LogP contribution is -2.59. The van der Waals surface area contributed by atoms with Crippen LogP contribution >= 0.6 is 15.9 Å². The summed E-state index contributed by atoms with van der Waals surface area (Å²) >= 11 is 3.69. The van der Waals surface area contributed by atoms with Gasteiger partial charge < -0.3 is 10.5 Å². The molecule has 3 aliphatic rings. The van der Waals surface area contributed by atoms with Gasteiger partial charge in [0, 0.05) is 23.2 Å². The highest BCUT2D eigenvalue weighted by molar-refractivity contribution is 9.10. The predicted molar refractivity (Wildman–Crippen MR) is 100 cm³/mol. The summed E-state index contributed by atoms with van der Waals surface area (Å²) in [5.41, 5.74) is 10.1. The highest BCUT2D eigenvalue weighted by Crippen LogP contribution is 2.58. The van der Waals surface area contributed by atoms with E-state index in [2.05, 4.69) is 40.3 Å². The van der Waals surface area contributed by atoms with Crippen LogP contribution in [0.2, 0.25) is 0 Å². The van der Waals surface area contributed by atoms with Crippen molar-refractivity contribution in [3.63, 3.8) is 0 Å². The van der Waals surface area contributed by atoms with E-state index in [9.17, 15) is 0 Å². The lowest BCUT2D eigenvalue weighted by atomic mass is 9.57. The van der Waals surface area contributed by atoms with Crippen molar-refractivity contribution in [2.24, 2.45) is 16.1 Å². The Bertz CT molecular complexity index is 681. The first kappa shape index (κ1) is 16.7. The molecule has 0 amide bonds. The third kappa shape index (κ3) is 2.32. The zero-order valence-corrected chi connectivity index (χ0v) is 16.0. The largest absolute Gasteiger partial charge is 0.381 e. The van der Waals surface area contributed by atoms with Gasteiger partial charge in [-0.15, -0.1) is 0 Å². The van der Waals surface area contributed by atoms with E-state index in [1.54, 1.807) is 0 Å². The molecule has 2 unspecified atom stereocenters. The second-order valence-corrected chi connectivity index (χ2v) is 8.54. The quantitative estimate of drug-likeness (QED) is 0.770. The Balaban J connectivity index is 1.84. The maximum absolute atomic E-state index is 6.22. The minimum Gasteiger partial charge on any atom is -0.381 e. The summed E-state index contributed by atoms with van der Waals surface area (Å²) < 4.78 is 6.74. The minimum absolute atomic E-state index is 0.132. The van der Waals surface area contributed by atoms with Gasteiger partial charge in [-0.25, -0.2) is 0 Å². The van der Waals surface area contributed by atoms with Crippen LogP contribution in [0.4, 0.5) is 0 Å². The van der Waals surface area contributed by atoms with Gasteiger partial charge in [0.2, 0.25) is 0 Å². The van der Waals surface area contributed by atoms with Crippen molar-refractivity contribution in [2.45, 2.75) is 63.4 Å². The molecular weight excluding hydrogens is 366 g/mol. The molecule has 1 fully saturated rings. The molecule has 1 aromatic rings. The van der Waals surface area contributed by atoms with Crippen LogP contribution in [0.1, 0.15) is 48.8 Å². The maximum atomic E-state index is 6.22. The van der Waals surface area contributed by atoms with Gasteiger partial charge in [-0.2, -0.15) is 0 Å². The molecule has 1 saturated carbocycles. The third-order valence-electron chi connectivity index (χ3n) is 6.48. The van der Waals surface area contributed by atoms with Crippen LogP contribution in [-0.4, -0.2) is 25.6 Å². The number of nitrogens with zero attached hydrogens (tertiary/aromatic N) is 1. The van der Waals surface area contributed by atoms with Gasteiger partial charge in [0.25, 0.3) is 0 Å². The molecule has 5 heteroatoms. The van der Waals surface area contributed by atoms with Crippen molar-refractivity contribution in [2.75, 3.05) is 7.11 Å². The highest BCUT2D eigenvalue weighted by Gasteiger charge is 2.58. The monoisotopic (exact) mass is 391 g/mol. The zero-order valence-electron chi connectivity index (χ0n) is 14.4. The number of aryl methyl sites for hydroxylation is 1. The lowest BCUT2D eigenvalue weighted by molar-refractivity contribution is -0.0315. The van der Waals surface area contributed by atoms with E-state index >= 15 is 0 Å². The smallest absolute Gasteiger partial charge is 0.143 e. The van der Waals surface area contributed by atoms with E-state index < -0.39 is 0 Å². The molecular formula is C19H26BrN3O. The standard InChI is InChI=1S/C19H26BrN3O/c1-12-9-13(20)10-16-15(12)5-8-18(6-3-14(24-2)4-7-18)19(16)22-11-17(21)23-19/h9-11,14,17,23H,3-8,21H2,1-2H3/t14-,17?,18-,19?. The summed E-state index contributed by atoms with van der Waals surface area (Å²) in [4.78, 5) is 5.04. The Kier molecular flexibility index (Phi) is 4.11. The normalized spacial score (nSPS) is 38.0. The number of nitrogens with two attached hydrogens (primary N) is 1. The van der Waals surface area contributed by atoms with Gasteiger partial charge in [0.05, 0.1) is 12.3 Å². The van der Waals surface area contributed by atoms with Crippen LogP contribution in [0.15, 0.2) is 21.6 Å². The Morgan fingerprint density at radius 2 is 2.04 bits per heavy atom. The molecule has 1 heterocycles. The van der Waals surface area contributed by atoms with Crippen LogP contribution in [0.25, 0.3) is 0 Å². The highest BCUT2D eigenvalue weighted by atomic mass is 79.9. The molecule has 1 aliphatic heterocycles. The topological polar surface area (TPSA) is 59.6 Å². The average Bonchev–Trinajstić information content (AvgIpc) is 2.96. The van der Waals surface area contributed by atoms with Crippen LogP contribution < -0.4 is 11.1 Å². The number of rotatable bonds is 1. The molecule has 24 heavy (non-hydrogen) atoms. The van der Waals surface area contributed by atoms with Crippen molar-refractivity contribution in [1.29, 1.82) is 0 Å². The molecule has 0 saturated heterocycles. The molecule has 0 radical (unpaired) electrons. The Labute approximate surface area is 152 Å². The van der Waals surface area contributed by atoms with Crippen LogP contribution in [0.5, 0.6) is 0 Å². The molecule has 3 N–H and O–H groups in total. The number of hydrogen-bond acceptors (Lipinski definition) is 4. The van der Waals surface area contributed by atoms with E-state index in [-0.39, 0.29) is 17.2 Å². The first-order valence-corrected chi connectivity index (χ1v) is 9.70. The number of halogens is 1. The van der Waals surface area contributed by atoms with Crippen molar-refractivity contribution in [3.8, 4) is 0 Å². The van der Waals surface area contributed by atoms with Gasteiger partial charge in [-0.05, 0) is 74.3 Å². The fourth-order valence-electron chi connectivity index (χ4n) is 5.20. The molecule has 4 rings (SSSR count). The molecule has 1 aromatic carbocycles. The number of ether oxygens (including phenoxy) is 1. The molecule has 2 atom stereocenters. The number of aliphatic imine (C=N–C) groups is 1. The Hall–Kier alpha value is -0.750. The van der Waals surface area contributed by atoms with E-state index in [1.165, 1.54) is 16.7 Å². The molecule has 0 bridgehead atoms. The predicted octanol–water partition coefficient (Wildman–Crippen LogP) is 3.39. The fraction of sp³-hybridized carbons (Fsp3) is 0.632. The number of benzene rings is 1. The molecule has 2 aliphatic carbocycles. The summed E-state index contributed by atoms with van der Waals surface area (Å²) in [6.07, 6.45) is 8.87. The number of fused-ring (bicyclic) bond motifs is 3. The zero-order chi connectivity index (χ0) is 16.9. The molecule has 0 aromatic heterocycles. The number of methoxy groups -OCH3 is 1. The van der Waals surface area contributed by atoms with Crippen LogP contribution in [0.3, 0.4) is 0 Å². The number of hydrogen-bond donors (Lipinski definition) is 2. The SMILES string of the molecule is CO[C@H]1CC[C@@]2(CCc3c(C)cc(Br)cc3C23N=CC(N)N3)CC1. The van der Waals surface area contributed by atoms with Gasteiger partial charge >= 0.3 is 0 Å². The van der Waals surface area contributed by atoms with Gasteiger partial charge in [0.1, 0.15) is 5.66 Å². The minimum atomic E-state index is -0.382. The van der Waals surface area contributed by atoms with E-state index in [1.807, 2.05) is 13.3 Å². The van der Waals surface area contributed by atoms with E-state index in [4.69, 9.17) is 15.5 Å². The maximum Gasteiger partial charge on any atom is 0.143 e. The summed E-state index contributed by atoms with van der Waals surface area (Å²) in [6, 6.07) is 4.47.